The first-order valence-electron chi connectivity index (χ1n) is 9.21. The number of methoxy groups -OCH3 is 1. The van der Waals surface area contributed by atoms with Crippen molar-refractivity contribution >= 4 is 16.0 Å². The van der Waals surface area contributed by atoms with Crippen molar-refractivity contribution in [1.29, 1.82) is 0 Å². The summed E-state index contributed by atoms with van der Waals surface area (Å²) in [6.07, 6.45) is 2.63. The molecule has 9 nitrogen and oxygen atoms in total. The number of esters is 1. The van der Waals surface area contributed by atoms with Gasteiger partial charge in [-0.2, -0.15) is 4.31 Å². The summed E-state index contributed by atoms with van der Waals surface area (Å²) in [5, 5.41) is 11.6. The van der Waals surface area contributed by atoms with Crippen LogP contribution >= 0.6 is 0 Å². The smallest absolute Gasteiger partial charge is 0.339 e. The summed E-state index contributed by atoms with van der Waals surface area (Å²) in [6, 6.07) is 14.5. The van der Waals surface area contributed by atoms with Gasteiger partial charge in [0.1, 0.15) is 16.8 Å². The fourth-order valence-electron chi connectivity index (χ4n) is 2.80. The van der Waals surface area contributed by atoms with E-state index in [-0.39, 0.29) is 35.2 Å². The van der Waals surface area contributed by atoms with Gasteiger partial charge in [0.2, 0.25) is 10.0 Å². The quantitative estimate of drug-likeness (QED) is 0.297. The molecule has 0 atom stereocenters. The fourth-order valence-corrected chi connectivity index (χ4v) is 4.14. The Labute approximate surface area is 180 Å². The lowest BCUT2D eigenvalue weighted by atomic mass is 10.2. The molecule has 1 aromatic heterocycles. The molecular formula is C21H21N3O6S. The van der Waals surface area contributed by atoms with E-state index in [9.17, 15) is 18.4 Å². The van der Waals surface area contributed by atoms with Crippen molar-refractivity contribution in [2.45, 2.75) is 18.0 Å². The Kier molecular flexibility index (Phi) is 6.83. The zero-order valence-corrected chi connectivity index (χ0v) is 17.8. The highest BCUT2D eigenvalue weighted by molar-refractivity contribution is 7.89. The van der Waals surface area contributed by atoms with Gasteiger partial charge in [0.05, 0.1) is 18.9 Å². The predicted molar refractivity (Wildman–Crippen MR) is 110 cm³/mol. The molecule has 1 heterocycles. The highest BCUT2D eigenvalue weighted by atomic mass is 32.2. The molecule has 0 radical (unpaired) electrons. The molecule has 0 bridgehead atoms. The number of ether oxygens (including phenoxy) is 2. The van der Waals surface area contributed by atoms with Crippen LogP contribution in [-0.2, 0) is 27.9 Å². The third-order valence-corrected chi connectivity index (χ3v) is 6.28. The van der Waals surface area contributed by atoms with Crippen LogP contribution in [0.15, 0.2) is 71.9 Å². The minimum absolute atomic E-state index is 0.000184. The summed E-state index contributed by atoms with van der Waals surface area (Å²) in [5.74, 6) is -0.700. The van der Waals surface area contributed by atoms with Crippen molar-refractivity contribution < 1.29 is 27.4 Å². The monoisotopic (exact) mass is 443 g/mol. The van der Waals surface area contributed by atoms with Gasteiger partial charge in [-0.05, 0) is 28.7 Å². The van der Waals surface area contributed by atoms with Gasteiger partial charge in [0.25, 0.3) is 0 Å². The molecule has 3 aromatic rings. The molecule has 0 aliphatic carbocycles. The number of hydrogen-bond acceptors (Lipinski definition) is 7. The van der Waals surface area contributed by atoms with Gasteiger partial charge in [0, 0.05) is 19.7 Å². The van der Waals surface area contributed by atoms with E-state index >= 15 is 0 Å². The van der Waals surface area contributed by atoms with Crippen molar-refractivity contribution in [1.82, 2.24) is 9.29 Å². The number of rotatable bonds is 8. The summed E-state index contributed by atoms with van der Waals surface area (Å²) < 4.78 is 38.3. The molecule has 0 amide bonds. The van der Waals surface area contributed by atoms with Crippen LogP contribution < -0.4 is 9.47 Å². The van der Waals surface area contributed by atoms with E-state index in [1.54, 1.807) is 0 Å². The summed E-state index contributed by atoms with van der Waals surface area (Å²) in [5.41, 5.74) is 0.810. The first-order chi connectivity index (χ1) is 14.8. The summed E-state index contributed by atoms with van der Waals surface area (Å²) >= 11 is 0. The van der Waals surface area contributed by atoms with Crippen LogP contribution in [-0.4, -0.2) is 37.8 Å². The Bertz CT molecular complexity index is 1170. The number of carbonyl (C=O) groups excluding carboxylic acids is 1. The lowest BCUT2D eigenvalue weighted by Crippen LogP contribution is -2.33. The normalized spacial score (nSPS) is 11.3. The Morgan fingerprint density at radius 3 is 2.58 bits per heavy atom. The lowest BCUT2D eigenvalue weighted by molar-refractivity contribution is -0.620. The van der Waals surface area contributed by atoms with Crippen LogP contribution in [0.1, 0.15) is 21.7 Å². The molecule has 0 N–H and O–H groups in total. The van der Waals surface area contributed by atoms with E-state index < -0.39 is 16.0 Å². The van der Waals surface area contributed by atoms with E-state index in [1.165, 1.54) is 55.1 Å². The van der Waals surface area contributed by atoms with Crippen LogP contribution in [0.5, 0.6) is 5.75 Å². The highest BCUT2D eigenvalue weighted by Crippen LogP contribution is 2.28. The maximum atomic E-state index is 13.2. The summed E-state index contributed by atoms with van der Waals surface area (Å²) in [4.78, 5) is 16.1. The molecule has 0 spiro atoms. The molecule has 162 valence electrons. The van der Waals surface area contributed by atoms with E-state index in [4.69, 9.17) is 9.47 Å². The zero-order chi connectivity index (χ0) is 22.4. The Morgan fingerprint density at radius 2 is 1.90 bits per heavy atom. The maximum absolute atomic E-state index is 13.2. The lowest BCUT2D eigenvalue weighted by Gasteiger charge is -2.19. The minimum atomic E-state index is -3.98. The van der Waals surface area contributed by atoms with Gasteiger partial charge in [-0.1, -0.05) is 30.3 Å². The van der Waals surface area contributed by atoms with Crippen LogP contribution in [0.25, 0.3) is 0 Å². The topological polar surface area (TPSA) is 113 Å². The number of benzene rings is 2. The molecule has 10 heteroatoms. The molecule has 2 aromatic carbocycles. The molecule has 0 saturated carbocycles. The minimum Gasteiger partial charge on any atom is -0.711 e. The SMILES string of the molecule is COc1ccc(C(=O)OCc2nccc[n+]2[O-])cc1S(=O)(=O)N(C)Cc1ccccc1. The van der Waals surface area contributed by atoms with Crippen LogP contribution in [0, 0.1) is 5.21 Å². The molecule has 0 saturated heterocycles. The molecule has 0 aliphatic rings. The van der Waals surface area contributed by atoms with Crippen molar-refractivity contribution in [3.05, 3.63) is 89.1 Å². The average molecular weight is 443 g/mol. The van der Waals surface area contributed by atoms with Crippen molar-refractivity contribution in [2.24, 2.45) is 0 Å². The zero-order valence-electron chi connectivity index (χ0n) is 17.0. The predicted octanol–water partition coefficient (Wildman–Crippen LogP) is 1.90. The van der Waals surface area contributed by atoms with Gasteiger partial charge < -0.3 is 14.7 Å². The van der Waals surface area contributed by atoms with Gasteiger partial charge >= 0.3 is 11.8 Å². The van der Waals surface area contributed by atoms with Gasteiger partial charge in [0.15, 0.2) is 6.61 Å². The number of hydrogen-bond donors (Lipinski definition) is 0. The second-order valence-electron chi connectivity index (χ2n) is 6.55. The van der Waals surface area contributed by atoms with Gasteiger partial charge in [-0.15, -0.1) is 0 Å². The van der Waals surface area contributed by atoms with Gasteiger partial charge in [-0.3, -0.25) is 0 Å². The molecule has 0 unspecified atom stereocenters. The second kappa shape index (κ2) is 9.54. The van der Waals surface area contributed by atoms with E-state index in [0.717, 1.165) is 5.56 Å². The Balaban J connectivity index is 1.84. The van der Waals surface area contributed by atoms with Crippen molar-refractivity contribution in [3.8, 4) is 5.75 Å². The molecule has 31 heavy (non-hydrogen) atoms. The standard InChI is InChI=1S/C21H21N3O6S/c1-23(14-16-7-4-3-5-8-16)31(27,28)19-13-17(9-10-18(19)29-2)21(25)30-15-20-22-11-6-12-24(20)26/h3-13H,14-15H2,1-2H3. The summed E-state index contributed by atoms with van der Waals surface area (Å²) in [7, 11) is -1.19. The van der Waals surface area contributed by atoms with E-state index in [2.05, 4.69) is 4.98 Å². The van der Waals surface area contributed by atoms with Crippen LogP contribution in [0.3, 0.4) is 0 Å². The van der Waals surface area contributed by atoms with Crippen molar-refractivity contribution in [2.75, 3.05) is 14.2 Å². The molecular weight excluding hydrogens is 422 g/mol. The third kappa shape index (κ3) is 5.16. The number of aromatic nitrogens is 2. The third-order valence-electron chi connectivity index (χ3n) is 4.45. The number of carbonyl (C=O) groups is 1. The fraction of sp³-hybridized carbons (Fsp3) is 0.190. The van der Waals surface area contributed by atoms with Crippen LogP contribution in [0.2, 0.25) is 0 Å². The Morgan fingerprint density at radius 1 is 1.16 bits per heavy atom. The number of nitrogens with zero attached hydrogens (tertiary/aromatic N) is 3. The summed E-state index contributed by atoms with van der Waals surface area (Å²) in [6.45, 7) is -0.213. The van der Waals surface area contributed by atoms with Crippen LogP contribution in [0.4, 0.5) is 0 Å². The average Bonchev–Trinajstić information content (AvgIpc) is 2.78. The second-order valence-corrected chi connectivity index (χ2v) is 8.56. The first-order valence-corrected chi connectivity index (χ1v) is 10.7. The first kappa shape index (κ1) is 22.2. The van der Waals surface area contributed by atoms with E-state index in [1.807, 2.05) is 30.3 Å². The number of sulfonamides is 1. The Hall–Kier alpha value is -3.50. The maximum Gasteiger partial charge on any atom is 0.339 e. The van der Waals surface area contributed by atoms with Gasteiger partial charge in [-0.25, -0.2) is 17.9 Å². The molecule has 3 rings (SSSR count). The molecule has 0 fully saturated rings. The largest absolute Gasteiger partial charge is 0.711 e. The molecule has 0 aliphatic heterocycles. The van der Waals surface area contributed by atoms with E-state index in [0.29, 0.717) is 4.73 Å². The van der Waals surface area contributed by atoms with Crippen molar-refractivity contribution in [3.63, 3.8) is 0 Å². The highest BCUT2D eigenvalue weighted by Gasteiger charge is 2.27.